The average molecular weight is 469 g/mol. The summed E-state index contributed by atoms with van der Waals surface area (Å²) in [6, 6.07) is 12.5. The second kappa shape index (κ2) is 12.4. The summed E-state index contributed by atoms with van der Waals surface area (Å²) in [5.74, 6) is 1.74. The number of imide groups is 1. The molecular weight excluding hydrogens is 432 g/mol. The molecular formula is C27H36N2O5. The van der Waals surface area contributed by atoms with Crippen LogP contribution in [0.1, 0.15) is 44.6 Å². The molecule has 1 aliphatic heterocycles. The minimum atomic E-state index is -0.470. The predicted octanol–water partition coefficient (Wildman–Crippen LogP) is 4.47. The monoisotopic (exact) mass is 468 g/mol. The van der Waals surface area contributed by atoms with Crippen molar-refractivity contribution in [2.24, 2.45) is 0 Å². The number of methoxy groups -OCH3 is 2. The van der Waals surface area contributed by atoms with Crippen molar-refractivity contribution in [3.63, 3.8) is 0 Å². The number of likely N-dealkylation sites (N-methyl/N-ethyl adjacent to an activating group) is 1. The van der Waals surface area contributed by atoms with Crippen molar-refractivity contribution in [3.8, 4) is 17.2 Å². The lowest BCUT2D eigenvalue weighted by atomic mass is 10.1. The van der Waals surface area contributed by atoms with E-state index in [4.69, 9.17) is 14.2 Å². The van der Waals surface area contributed by atoms with Gasteiger partial charge in [-0.3, -0.25) is 14.5 Å². The van der Waals surface area contributed by atoms with Gasteiger partial charge >= 0.3 is 0 Å². The van der Waals surface area contributed by atoms with Gasteiger partial charge in [0, 0.05) is 6.54 Å². The van der Waals surface area contributed by atoms with Gasteiger partial charge in [0.2, 0.25) is 5.91 Å². The van der Waals surface area contributed by atoms with Gasteiger partial charge in [0.05, 0.1) is 39.0 Å². The van der Waals surface area contributed by atoms with Gasteiger partial charge in [-0.05, 0) is 61.9 Å². The highest BCUT2D eigenvalue weighted by Crippen LogP contribution is 2.29. The molecule has 7 heteroatoms. The Kier molecular flexibility index (Phi) is 9.33. The van der Waals surface area contributed by atoms with Crippen LogP contribution in [0.3, 0.4) is 0 Å². The van der Waals surface area contributed by atoms with Crippen LogP contribution in [0.4, 0.5) is 5.69 Å². The quantitative estimate of drug-likeness (QED) is 0.319. The van der Waals surface area contributed by atoms with Crippen LogP contribution < -0.4 is 19.1 Å². The summed E-state index contributed by atoms with van der Waals surface area (Å²) < 4.78 is 16.4. The Hall–Kier alpha value is -3.06. The normalized spacial score (nSPS) is 15.8. The van der Waals surface area contributed by atoms with Crippen molar-refractivity contribution in [2.75, 3.05) is 39.3 Å². The van der Waals surface area contributed by atoms with E-state index in [1.807, 2.05) is 42.3 Å². The maximum Gasteiger partial charge on any atom is 0.251 e. The fourth-order valence-electron chi connectivity index (χ4n) is 4.14. The van der Waals surface area contributed by atoms with E-state index < -0.39 is 6.04 Å². The van der Waals surface area contributed by atoms with Crippen molar-refractivity contribution in [2.45, 2.75) is 51.5 Å². The fourth-order valence-corrected chi connectivity index (χ4v) is 4.14. The maximum atomic E-state index is 13.1. The molecule has 0 aliphatic carbocycles. The second-order valence-corrected chi connectivity index (χ2v) is 8.61. The van der Waals surface area contributed by atoms with E-state index in [1.165, 1.54) is 17.7 Å². The summed E-state index contributed by atoms with van der Waals surface area (Å²) in [4.78, 5) is 29.1. The van der Waals surface area contributed by atoms with Crippen LogP contribution in [0.5, 0.6) is 17.2 Å². The molecule has 0 unspecified atom stereocenters. The molecule has 0 spiro atoms. The third-order valence-electron chi connectivity index (χ3n) is 6.22. The third kappa shape index (κ3) is 6.29. The first-order valence-corrected chi connectivity index (χ1v) is 12.0. The highest BCUT2D eigenvalue weighted by atomic mass is 16.5. The van der Waals surface area contributed by atoms with Crippen molar-refractivity contribution in [1.29, 1.82) is 0 Å². The molecule has 7 nitrogen and oxygen atoms in total. The fraction of sp³-hybridized carbons (Fsp3) is 0.481. The lowest BCUT2D eigenvalue weighted by Gasteiger charge is -2.23. The summed E-state index contributed by atoms with van der Waals surface area (Å²) in [7, 11) is 5.10. The van der Waals surface area contributed by atoms with Crippen LogP contribution in [0.2, 0.25) is 0 Å². The SMILES string of the molecule is CCCCCCOc1ccc(N2C(=O)C[C@H](N(C)CCc3ccc(OC)c(OC)c3)C2=O)cc1. The molecule has 0 aromatic heterocycles. The van der Waals surface area contributed by atoms with E-state index >= 15 is 0 Å². The molecule has 2 aromatic rings. The van der Waals surface area contributed by atoms with Gasteiger partial charge < -0.3 is 14.2 Å². The molecule has 184 valence electrons. The summed E-state index contributed by atoms with van der Waals surface area (Å²) in [6.45, 7) is 3.49. The van der Waals surface area contributed by atoms with Crippen LogP contribution in [0.25, 0.3) is 0 Å². The van der Waals surface area contributed by atoms with Crippen LogP contribution in [0.15, 0.2) is 42.5 Å². The number of benzene rings is 2. The first-order valence-electron chi connectivity index (χ1n) is 12.0. The molecule has 0 saturated carbocycles. The van der Waals surface area contributed by atoms with Crippen molar-refractivity contribution in [1.82, 2.24) is 4.90 Å². The van der Waals surface area contributed by atoms with E-state index in [0.29, 0.717) is 30.3 Å². The number of ether oxygens (including phenoxy) is 3. The number of amides is 2. The zero-order chi connectivity index (χ0) is 24.5. The third-order valence-corrected chi connectivity index (χ3v) is 6.22. The Labute approximate surface area is 202 Å². The van der Waals surface area contributed by atoms with E-state index in [2.05, 4.69) is 6.92 Å². The molecule has 1 fully saturated rings. The van der Waals surface area contributed by atoms with Gasteiger partial charge in [0.25, 0.3) is 5.91 Å². The number of hydrogen-bond donors (Lipinski definition) is 0. The maximum absolute atomic E-state index is 13.1. The number of unbranched alkanes of at least 4 members (excludes halogenated alkanes) is 3. The Bertz CT molecular complexity index is 960. The summed E-state index contributed by atoms with van der Waals surface area (Å²) in [5, 5.41) is 0. The number of anilines is 1. The Morgan fingerprint density at radius 1 is 0.971 bits per heavy atom. The number of nitrogens with zero attached hydrogens (tertiary/aromatic N) is 2. The molecule has 1 aliphatic rings. The summed E-state index contributed by atoms with van der Waals surface area (Å²) in [5.41, 5.74) is 1.66. The molecule has 1 heterocycles. The highest BCUT2D eigenvalue weighted by Gasteiger charge is 2.41. The standard InChI is InChI=1S/C27H36N2O5/c1-5-6-7-8-17-34-22-12-10-21(11-13-22)29-26(30)19-23(27(29)31)28(2)16-15-20-9-14-24(32-3)25(18-20)33-4/h9-14,18,23H,5-8,15-17,19H2,1-4H3/t23-/m0/s1. The number of rotatable bonds is 13. The molecule has 0 bridgehead atoms. The summed E-state index contributed by atoms with van der Waals surface area (Å²) >= 11 is 0. The predicted molar refractivity (Wildman–Crippen MR) is 133 cm³/mol. The largest absolute Gasteiger partial charge is 0.494 e. The van der Waals surface area contributed by atoms with Crippen molar-refractivity contribution < 1.29 is 23.8 Å². The van der Waals surface area contributed by atoms with Gasteiger partial charge in [-0.2, -0.15) is 0 Å². The minimum absolute atomic E-state index is 0.178. The first kappa shape index (κ1) is 25.6. The zero-order valence-electron chi connectivity index (χ0n) is 20.7. The van der Waals surface area contributed by atoms with Gasteiger partial charge in [-0.15, -0.1) is 0 Å². The molecule has 1 atom stereocenters. The van der Waals surface area contributed by atoms with E-state index in [-0.39, 0.29) is 18.2 Å². The Morgan fingerprint density at radius 3 is 2.38 bits per heavy atom. The number of carbonyl (C=O) groups is 2. The molecule has 0 N–H and O–H groups in total. The molecule has 34 heavy (non-hydrogen) atoms. The van der Waals surface area contributed by atoms with Crippen LogP contribution >= 0.6 is 0 Å². The van der Waals surface area contributed by atoms with Crippen molar-refractivity contribution in [3.05, 3.63) is 48.0 Å². The van der Waals surface area contributed by atoms with Gasteiger partial charge in [-0.1, -0.05) is 32.3 Å². The van der Waals surface area contributed by atoms with Gasteiger partial charge in [0.1, 0.15) is 5.75 Å². The molecule has 2 amide bonds. The lowest BCUT2D eigenvalue weighted by molar-refractivity contribution is -0.122. The number of hydrogen-bond acceptors (Lipinski definition) is 6. The van der Waals surface area contributed by atoms with E-state index in [9.17, 15) is 9.59 Å². The molecule has 0 radical (unpaired) electrons. The Morgan fingerprint density at radius 2 is 1.71 bits per heavy atom. The molecule has 2 aromatic carbocycles. The second-order valence-electron chi connectivity index (χ2n) is 8.61. The van der Waals surface area contributed by atoms with E-state index in [0.717, 1.165) is 30.6 Å². The smallest absolute Gasteiger partial charge is 0.251 e. The average Bonchev–Trinajstić information content (AvgIpc) is 3.16. The van der Waals surface area contributed by atoms with Gasteiger partial charge in [0.15, 0.2) is 11.5 Å². The minimum Gasteiger partial charge on any atom is -0.494 e. The van der Waals surface area contributed by atoms with Crippen LogP contribution in [0, 0.1) is 0 Å². The topological polar surface area (TPSA) is 68.3 Å². The zero-order valence-corrected chi connectivity index (χ0v) is 20.7. The van der Waals surface area contributed by atoms with E-state index in [1.54, 1.807) is 26.4 Å². The van der Waals surface area contributed by atoms with Crippen molar-refractivity contribution >= 4 is 17.5 Å². The molecule has 1 saturated heterocycles. The lowest BCUT2D eigenvalue weighted by Crippen LogP contribution is -2.40. The van der Waals surface area contributed by atoms with Crippen LogP contribution in [-0.2, 0) is 16.0 Å². The highest BCUT2D eigenvalue weighted by molar-refractivity contribution is 6.22. The molecule has 3 rings (SSSR count). The first-order chi connectivity index (χ1) is 16.5. The van der Waals surface area contributed by atoms with Gasteiger partial charge in [-0.25, -0.2) is 4.90 Å². The Balaban J connectivity index is 1.56. The number of carbonyl (C=O) groups excluding carboxylic acids is 2. The van der Waals surface area contributed by atoms with Crippen LogP contribution in [-0.4, -0.2) is 57.2 Å². The summed E-state index contributed by atoms with van der Waals surface area (Å²) in [6.07, 6.45) is 5.49.